The summed E-state index contributed by atoms with van der Waals surface area (Å²) in [4.78, 5) is 4.32. The third-order valence-corrected chi connectivity index (χ3v) is 2.82. The van der Waals surface area contributed by atoms with Crippen LogP contribution in [0, 0.1) is 0 Å². The Kier molecular flexibility index (Phi) is 2.38. The first-order chi connectivity index (χ1) is 8.38. The molecule has 84 valence electrons. The second kappa shape index (κ2) is 4.03. The van der Waals surface area contributed by atoms with Crippen LogP contribution in [-0.4, -0.2) is 10.1 Å². The topological polar surface area (TPSA) is 46.3 Å². The van der Waals surface area contributed by atoms with Crippen molar-refractivity contribution >= 4 is 10.9 Å². The summed E-state index contributed by atoms with van der Waals surface area (Å²) in [5, 5.41) is 10.2. The van der Waals surface area contributed by atoms with Crippen molar-refractivity contribution in [3.05, 3.63) is 54.6 Å². The molecule has 0 saturated carbocycles. The van der Waals surface area contributed by atoms with Crippen molar-refractivity contribution in [3.63, 3.8) is 0 Å². The summed E-state index contributed by atoms with van der Waals surface area (Å²) in [6.07, 6.45) is 5.14. The van der Waals surface area contributed by atoms with Gasteiger partial charge in [0, 0.05) is 17.1 Å². The van der Waals surface area contributed by atoms with E-state index in [2.05, 4.69) is 4.98 Å². The molecule has 2 heterocycles. The van der Waals surface area contributed by atoms with Crippen LogP contribution in [0.1, 0.15) is 5.56 Å². The summed E-state index contributed by atoms with van der Waals surface area (Å²) in [5.41, 5.74) is 3.88. The van der Waals surface area contributed by atoms with Gasteiger partial charge in [-0.1, -0.05) is 12.1 Å². The van der Waals surface area contributed by atoms with Crippen molar-refractivity contribution in [2.75, 3.05) is 0 Å². The maximum absolute atomic E-state index is 9.11. The van der Waals surface area contributed by atoms with Crippen molar-refractivity contribution in [1.29, 1.82) is 0 Å². The molecule has 0 aliphatic carbocycles. The molecule has 1 aromatic carbocycles. The van der Waals surface area contributed by atoms with Gasteiger partial charge in [-0.05, 0) is 29.3 Å². The van der Waals surface area contributed by atoms with E-state index in [-0.39, 0.29) is 6.61 Å². The summed E-state index contributed by atoms with van der Waals surface area (Å²) in [6.45, 7) is 0.0353. The van der Waals surface area contributed by atoms with E-state index < -0.39 is 0 Å². The third kappa shape index (κ3) is 1.70. The first kappa shape index (κ1) is 10.1. The van der Waals surface area contributed by atoms with Gasteiger partial charge in [0.1, 0.15) is 0 Å². The summed E-state index contributed by atoms with van der Waals surface area (Å²) in [6, 6.07) is 9.68. The number of aromatic nitrogens is 1. The van der Waals surface area contributed by atoms with Crippen LogP contribution >= 0.6 is 0 Å². The van der Waals surface area contributed by atoms with E-state index in [4.69, 9.17) is 9.52 Å². The lowest BCUT2D eigenvalue weighted by molar-refractivity contribution is 0.282. The van der Waals surface area contributed by atoms with Crippen LogP contribution < -0.4 is 0 Å². The molecule has 17 heavy (non-hydrogen) atoms. The quantitative estimate of drug-likeness (QED) is 0.729. The molecule has 0 unspecified atom stereocenters. The summed E-state index contributed by atoms with van der Waals surface area (Å²) in [5.74, 6) is 0. The minimum absolute atomic E-state index is 0.0353. The van der Waals surface area contributed by atoms with Crippen LogP contribution in [0.15, 0.2) is 53.5 Å². The monoisotopic (exact) mass is 225 g/mol. The summed E-state index contributed by atoms with van der Waals surface area (Å²) < 4.78 is 5.10. The number of pyridine rings is 1. The molecule has 0 fully saturated rings. The molecule has 3 rings (SSSR count). The predicted molar refractivity (Wildman–Crippen MR) is 65.4 cm³/mol. The van der Waals surface area contributed by atoms with E-state index in [0.717, 1.165) is 27.6 Å². The van der Waals surface area contributed by atoms with Crippen LogP contribution in [0.4, 0.5) is 0 Å². The van der Waals surface area contributed by atoms with E-state index in [9.17, 15) is 0 Å². The molecule has 0 radical (unpaired) electrons. The molecule has 3 heteroatoms. The highest BCUT2D eigenvalue weighted by molar-refractivity contribution is 5.94. The Morgan fingerprint density at radius 2 is 2.12 bits per heavy atom. The Morgan fingerprint density at radius 1 is 1.18 bits per heavy atom. The average molecular weight is 225 g/mol. The fraction of sp³-hybridized carbons (Fsp3) is 0.0714. The van der Waals surface area contributed by atoms with Crippen LogP contribution in [-0.2, 0) is 6.61 Å². The zero-order valence-corrected chi connectivity index (χ0v) is 9.13. The number of furan rings is 1. The van der Waals surface area contributed by atoms with Crippen molar-refractivity contribution < 1.29 is 9.52 Å². The number of hydrogen-bond donors (Lipinski definition) is 1. The minimum atomic E-state index is 0.0353. The normalized spacial score (nSPS) is 10.9. The molecule has 2 aromatic heterocycles. The van der Waals surface area contributed by atoms with E-state index in [1.807, 2.05) is 30.3 Å². The largest absolute Gasteiger partial charge is 0.472 e. The van der Waals surface area contributed by atoms with Gasteiger partial charge in [-0.15, -0.1) is 0 Å². The molecule has 3 aromatic rings. The van der Waals surface area contributed by atoms with Crippen LogP contribution in [0.25, 0.3) is 22.0 Å². The predicted octanol–water partition coefficient (Wildman–Crippen LogP) is 2.99. The SMILES string of the molecule is OCc1ccc2c(-c3ccoc3)ccnc2c1. The molecule has 3 nitrogen and oxygen atoms in total. The number of aliphatic hydroxyl groups is 1. The molecular weight excluding hydrogens is 214 g/mol. The highest BCUT2D eigenvalue weighted by Crippen LogP contribution is 2.28. The maximum atomic E-state index is 9.11. The Balaban J connectivity index is 2.27. The first-order valence-corrected chi connectivity index (χ1v) is 5.39. The molecule has 0 aliphatic rings. The fourth-order valence-electron chi connectivity index (χ4n) is 1.96. The van der Waals surface area contributed by atoms with E-state index in [1.54, 1.807) is 18.7 Å². The molecule has 0 aliphatic heterocycles. The van der Waals surface area contributed by atoms with Gasteiger partial charge in [0.05, 0.1) is 24.6 Å². The van der Waals surface area contributed by atoms with Crippen molar-refractivity contribution in [2.45, 2.75) is 6.61 Å². The molecular formula is C14H11NO2. The van der Waals surface area contributed by atoms with Crippen molar-refractivity contribution in [3.8, 4) is 11.1 Å². The zero-order valence-electron chi connectivity index (χ0n) is 9.13. The van der Waals surface area contributed by atoms with Crippen LogP contribution in [0.3, 0.4) is 0 Å². The molecule has 1 N–H and O–H groups in total. The molecule has 0 saturated heterocycles. The number of nitrogens with zero attached hydrogens (tertiary/aromatic N) is 1. The van der Waals surface area contributed by atoms with Gasteiger partial charge in [-0.2, -0.15) is 0 Å². The number of aliphatic hydroxyl groups excluding tert-OH is 1. The highest BCUT2D eigenvalue weighted by Gasteiger charge is 2.05. The smallest absolute Gasteiger partial charge is 0.0981 e. The van der Waals surface area contributed by atoms with Crippen LogP contribution in [0.5, 0.6) is 0 Å². The van der Waals surface area contributed by atoms with Crippen molar-refractivity contribution in [2.24, 2.45) is 0 Å². The number of benzene rings is 1. The van der Waals surface area contributed by atoms with Gasteiger partial charge in [0.2, 0.25) is 0 Å². The number of hydrogen-bond acceptors (Lipinski definition) is 3. The standard InChI is InChI=1S/C14H11NO2/c16-8-10-1-2-13-12(11-4-6-17-9-11)3-5-15-14(13)7-10/h1-7,9,16H,8H2. The van der Waals surface area contributed by atoms with E-state index in [1.165, 1.54) is 0 Å². The van der Waals surface area contributed by atoms with Crippen LogP contribution in [0.2, 0.25) is 0 Å². The lowest BCUT2D eigenvalue weighted by atomic mass is 10.0. The van der Waals surface area contributed by atoms with Gasteiger partial charge < -0.3 is 9.52 Å². The number of fused-ring (bicyclic) bond motifs is 1. The Morgan fingerprint density at radius 3 is 2.88 bits per heavy atom. The third-order valence-electron chi connectivity index (χ3n) is 2.82. The molecule has 0 bridgehead atoms. The highest BCUT2D eigenvalue weighted by atomic mass is 16.3. The molecule has 0 atom stereocenters. The molecule has 0 spiro atoms. The van der Waals surface area contributed by atoms with Gasteiger partial charge >= 0.3 is 0 Å². The molecule has 0 amide bonds. The minimum Gasteiger partial charge on any atom is -0.472 e. The van der Waals surface area contributed by atoms with Crippen molar-refractivity contribution in [1.82, 2.24) is 4.98 Å². The maximum Gasteiger partial charge on any atom is 0.0981 e. The zero-order chi connectivity index (χ0) is 11.7. The van der Waals surface area contributed by atoms with Gasteiger partial charge in [-0.25, -0.2) is 0 Å². The fourth-order valence-corrected chi connectivity index (χ4v) is 1.96. The second-order valence-corrected chi connectivity index (χ2v) is 3.88. The van der Waals surface area contributed by atoms with Gasteiger partial charge in [0.25, 0.3) is 0 Å². The summed E-state index contributed by atoms with van der Waals surface area (Å²) in [7, 11) is 0. The Hall–Kier alpha value is -2.13. The number of rotatable bonds is 2. The van der Waals surface area contributed by atoms with E-state index >= 15 is 0 Å². The van der Waals surface area contributed by atoms with Gasteiger partial charge in [0.15, 0.2) is 0 Å². The summed E-state index contributed by atoms with van der Waals surface area (Å²) >= 11 is 0. The average Bonchev–Trinajstić information content (AvgIpc) is 2.91. The Labute approximate surface area is 98.3 Å². The first-order valence-electron chi connectivity index (χ1n) is 5.39. The van der Waals surface area contributed by atoms with E-state index in [0.29, 0.717) is 0 Å². The lowest BCUT2D eigenvalue weighted by Gasteiger charge is -2.05. The second-order valence-electron chi connectivity index (χ2n) is 3.88. The lowest BCUT2D eigenvalue weighted by Crippen LogP contribution is -1.87. The van der Waals surface area contributed by atoms with Gasteiger partial charge in [-0.3, -0.25) is 4.98 Å². The Bertz CT molecular complexity index is 644.